The van der Waals surface area contributed by atoms with Crippen molar-refractivity contribution >= 4 is 17.6 Å². The van der Waals surface area contributed by atoms with E-state index in [0.29, 0.717) is 16.8 Å². The second-order valence-corrected chi connectivity index (χ2v) is 9.28. The Kier molecular flexibility index (Phi) is 7.05. The van der Waals surface area contributed by atoms with Gasteiger partial charge in [0.05, 0.1) is 22.6 Å². The van der Waals surface area contributed by atoms with Gasteiger partial charge in [0.25, 0.3) is 5.69 Å². The minimum atomic E-state index is -4.51. The molecule has 0 saturated heterocycles. The van der Waals surface area contributed by atoms with E-state index in [1.54, 1.807) is 27.7 Å². The van der Waals surface area contributed by atoms with E-state index >= 15 is 0 Å². The van der Waals surface area contributed by atoms with Crippen molar-refractivity contribution in [1.82, 2.24) is 4.90 Å². The maximum absolute atomic E-state index is 13.2. The third-order valence-electron chi connectivity index (χ3n) is 5.57. The Balaban J connectivity index is 2.02. The van der Waals surface area contributed by atoms with Crippen LogP contribution in [0.25, 0.3) is 0 Å². The number of alkyl halides is 3. The SMILES string of the molecule is CC1=C(C(=O)OC(C)(C)C)C(c2ccc(C(F)(F)F)cc2)CC(=O)N1Cc1ccc([N+](=O)[O-])cc1. The summed E-state index contributed by atoms with van der Waals surface area (Å²) in [6.45, 7) is 6.72. The quantitative estimate of drug-likeness (QED) is 0.303. The van der Waals surface area contributed by atoms with E-state index in [1.807, 2.05) is 0 Å². The van der Waals surface area contributed by atoms with Crippen LogP contribution in [0.2, 0.25) is 0 Å². The largest absolute Gasteiger partial charge is 0.457 e. The molecule has 0 aliphatic carbocycles. The van der Waals surface area contributed by atoms with Crippen LogP contribution in [0.5, 0.6) is 0 Å². The number of allylic oxidation sites excluding steroid dienone is 1. The Morgan fingerprint density at radius 2 is 1.66 bits per heavy atom. The molecule has 0 spiro atoms. The van der Waals surface area contributed by atoms with Gasteiger partial charge in [0.1, 0.15) is 5.60 Å². The van der Waals surface area contributed by atoms with E-state index in [9.17, 15) is 32.9 Å². The van der Waals surface area contributed by atoms with Crippen molar-refractivity contribution in [1.29, 1.82) is 0 Å². The molecule has 0 bridgehead atoms. The van der Waals surface area contributed by atoms with Crippen LogP contribution in [0.3, 0.4) is 0 Å². The van der Waals surface area contributed by atoms with Crippen LogP contribution in [0.4, 0.5) is 18.9 Å². The first-order valence-electron chi connectivity index (χ1n) is 10.8. The number of carbonyl (C=O) groups excluding carboxylic acids is 2. The lowest BCUT2D eigenvalue weighted by atomic mass is 9.83. The average molecular weight is 490 g/mol. The number of hydrogen-bond acceptors (Lipinski definition) is 5. The molecule has 10 heteroatoms. The fourth-order valence-electron chi connectivity index (χ4n) is 3.90. The maximum atomic E-state index is 13.2. The highest BCUT2D eigenvalue weighted by molar-refractivity contribution is 5.96. The molecule has 1 unspecified atom stereocenters. The monoisotopic (exact) mass is 490 g/mol. The van der Waals surface area contributed by atoms with Gasteiger partial charge >= 0.3 is 12.1 Å². The smallest absolute Gasteiger partial charge is 0.416 e. The molecule has 0 N–H and O–H groups in total. The van der Waals surface area contributed by atoms with E-state index < -0.39 is 34.2 Å². The highest BCUT2D eigenvalue weighted by Gasteiger charge is 2.38. The Morgan fingerprint density at radius 3 is 2.14 bits per heavy atom. The molecule has 3 rings (SSSR count). The van der Waals surface area contributed by atoms with Gasteiger partial charge in [-0.2, -0.15) is 13.2 Å². The molecule has 0 radical (unpaired) electrons. The number of nitro groups is 1. The molecule has 0 saturated carbocycles. The van der Waals surface area contributed by atoms with E-state index in [2.05, 4.69) is 0 Å². The van der Waals surface area contributed by atoms with Crippen LogP contribution in [-0.2, 0) is 27.0 Å². The van der Waals surface area contributed by atoms with Crippen molar-refractivity contribution in [2.24, 2.45) is 0 Å². The molecule has 2 aromatic rings. The van der Waals surface area contributed by atoms with Crippen molar-refractivity contribution in [3.05, 3.63) is 86.6 Å². The molecule has 7 nitrogen and oxygen atoms in total. The molecule has 1 atom stereocenters. The highest BCUT2D eigenvalue weighted by atomic mass is 19.4. The lowest BCUT2D eigenvalue weighted by Crippen LogP contribution is -2.39. The number of ether oxygens (including phenoxy) is 1. The average Bonchev–Trinajstić information content (AvgIpc) is 2.74. The highest BCUT2D eigenvalue weighted by Crippen LogP contribution is 2.39. The van der Waals surface area contributed by atoms with Gasteiger partial charge in [-0.1, -0.05) is 24.3 Å². The first-order valence-corrected chi connectivity index (χ1v) is 10.8. The zero-order valence-electron chi connectivity index (χ0n) is 19.7. The molecular formula is C25H25F3N2O5. The van der Waals surface area contributed by atoms with E-state index in [4.69, 9.17) is 4.74 Å². The maximum Gasteiger partial charge on any atom is 0.416 e. The predicted octanol–water partition coefficient (Wildman–Crippen LogP) is 5.75. The molecule has 1 aliphatic heterocycles. The van der Waals surface area contributed by atoms with Gasteiger partial charge in [-0.25, -0.2) is 4.79 Å². The van der Waals surface area contributed by atoms with Gasteiger partial charge in [-0.3, -0.25) is 14.9 Å². The standard InChI is InChI=1S/C25H25F3N2O5/c1-15-22(23(32)35-24(2,3)4)20(17-7-9-18(10-8-17)25(26,27)28)13-21(31)29(15)14-16-5-11-19(12-6-16)30(33)34/h5-12,20H,13-14H2,1-4H3. The number of benzene rings is 2. The number of nitro benzene ring substituents is 1. The van der Waals surface area contributed by atoms with Gasteiger partial charge < -0.3 is 9.64 Å². The molecule has 2 aromatic carbocycles. The zero-order chi connectivity index (χ0) is 26.1. The lowest BCUT2D eigenvalue weighted by molar-refractivity contribution is -0.384. The topological polar surface area (TPSA) is 89.8 Å². The zero-order valence-corrected chi connectivity index (χ0v) is 19.7. The molecule has 1 heterocycles. The first kappa shape index (κ1) is 25.9. The van der Waals surface area contributed by atoms with Crippen LogP contribution in [-0.4, -0.2) is 27.3 Å². The summed E-state index contributed by atoms with van der Waals surface area (Å²) in [7, 11) is 0. The fraction of sp³-hybridized carbons (Fsp3) is 0.360. The normalized spacial score (nSPS) is 16.9. The van der Waals surface area contributed by atoms with Crippen molar-refractivity contribution in [3.8, 4) is 0 Å². The summed E-state index contributed by atoms with van der Waals surface area (Å²) in [4.78, 5) is 38.0. The summed E-state index contributed by atoms with van der Waals surface area (Å²) >= 11 is 0. The molecule has 0 aromatic heterocycles. The second-order valence-electron chi connectivity index (χ2n) is 9.28. The predicted molar refractivity (Wildman–Crippen MR) is 121 cm³/mol. The number of nitrogens with zero attached hydrogens (tertiary/aromatic N) is 2. The van der Waals surface area contributed by atoms with Crippen LogP contribution in [0, 0.1) is 10.1 Å². The summed E-state index contributed by atoms with van der Waals surface area (Å²) in [5.41, 5.74) is -0.258. The minimum Gasteiger partial charge on any atom is -0.457 e. The third kappa shape index (κ3) is 6.06. The lowest BCUT2D eigenvalue weighted by Gasteiger charge is -2.35. The first-order chi connectivity index (χ1) is 16.2. The van der Waals surface area contributed by atoms with Crippen molar-refractivity contribution in [2.45, 2.75) is 58.4 Å². The van der Waals surface area contributed by atoms with Gasteiger partial charge in [0.2, 0.25) is 5.91 Å². The third-order valence-corrected chi connectivity index (χ3v) is 5.57. The number of rotatable bonds is 5. The van der Waals surface area contributed by atoms with Crippen LogP contribution in [0.1, 0.15) is 56.7 Å². The Morgan fingerprint density at radius 1 is 1.09 bits per heavy atom. The van der Waals surface area contributed by atoms with E-state index in [-0.39, 0.29) is 30.1 Å². The summed E-state index contributed by atoms with van der Waals surface area (Å²) in [5, 5.41) is 10.9. The van der Waals surface area contributed by atoms with Crippen LogP contribution >= 0.6 is 0 Å². The van der Waals surface area contributed by atoms with Gasteiger partial charge in [-0.15, -0.1) is 0 Å². The van der Waals surface area contributed by atoms with Crippen LogP contribution in [0.15, 0.2) is 59.8 Å². The molecule has 35 heavy (non-hydrogen) atoms. The summed E-state index contributed by atoms with van der Waals surface area (Å²) in [6, 6.07) is 10.1. The Labute approximate surface area is 200 Å². The molecule has 1 aliphatic rings. The number of amides is 1. The number of halogens is 3. The van der Waals surface area contributed by atoms with E-state index in [0.717, 1.165) is 12.1 Å². The van der Waals surface area contributed by atoms with Crippen molar-refractivity contribution < 1.29 is 32.4 Å². The van der Waals surface area contributed by atoms with E-state index in [1.165, 1.54) is 41.3 Å². The summed E-state index contributed by atoms with van der Waals surface area (Å²) in [5.74, 6) is -1.79. The minimum absolute atomic E-state index is 0.0642. The number of non-ortho nitro benzene ring substituents is 1. The fourth-order valence-corrected chi connectivity index (χ4v) is 3.90. The van der Waals surface area contributed by atoms with Gasteiger partial charge in [0, 0.05) is 30.2 Å². The van der Waals surface area contributed by atoms with Gasteiger partial charge in [0.15, 0.2) is 0 Å². The second kappa shape index (κ2) is 9.52. The molecule has 1 amide bonds. The molecule has 186 valence electrons. The Bertz CT molecular complexity index is 1160. The number of carbonyl (C=O) groups is 2. The number of hydrogen-bond donors (Lipinski definition) is 0. The van der Waals surface area contributed by atoms with Crippen LogP contribution < -0.4 is 0 Å². The summed E-state index contributed by atoms with van der Waals surface area (Å²) < 4.78 is 44.6. The van der Waals surface area contributed by atoms with Crippen molar-refractivity contribution in [3.63, 3.8) is 0 Å². The number of esters is 1. The molecular weight excluding hydrogens is 465 g/mol. The van der Waals surface area contributed by atoms with Gasteiger partial charge in [-0.05, 0) is 51.0 Å². The Hall–Kier alpha value is -3.69. The molecule has 0 fully saturated rings. The van der Waals surface area contributed by atoms with Crippen molar-refractivity contribution in [2.75, 3.05) is 0 Å². The summed E-state index contributed by atoms with van der Waals surface area (Å²) in [6.07, 6.45) is -4.66.